The Morgan fingerprint density at radius 1 is 1.03 bits per heavy atom. The summed E-state index contributed by atoms with van der Waals surface area (Å²) in [5, 5.41) is 4.91. The molecule has 190 valence electrons. The molecule has 2 aromatic heterocycles. The molecule has 1 aromatic carbocycles. The van der Waals surface area contributed by atoms with Crippen molar-refractivity contribution < 1.29 is 13.2 Å². The molecule has 0 unspecified atom stereocenters. The first kappa shape index (κ1) is 24.7. The van der Waals surface area contributed by atoms with Crippen molar-refractivity contribution in [2.75, 3.05) is 31.1 Å². The summed E-state index contributed by atoms with van der Waals surface area (Å²) in [4.78, 5) is 19.7. The number of aromatic nitrogens is 3. The number of rotatable bonds is 7. The molecule has 2 fully saturated rings. The fourth-order valence-corrected chi connectivity index (χ4v) is 6.33. The van der Waals surface area contributed by atoms with Gasteiger partial charge >= 0.3 is 5.56 Å². The van der Waals surface area contributed by atoms with E-state index in [0.717, 1.165) is 25.7 Å². The van der Waals surface area contributed by atoms with Crippen molar-refractivity contribution in [1.82, 2.24) is 19.1 Å². The fourth-order valence-electron chi connectivity index (χ4n) is 4.70. The molecule has 9 nitrogen and oxygen atoms in total. The van der Waals surface area contributed by atoms with Gasteiger partial charge in [0.1, 0.15) is 11.4 Å². The number of hydrogen-bond acceptors (Lipinski definition) is 7. The van der Waals surface area contributed by atoms with Crippen LogP contribution < -0.4 is 15.2 Å². The van der Waals surface area contributed by atoms with Crippen LogP contribution in [0.15, 0.2) is 59.7 Å². The van der Waals surface area contributed by atoms with Crippen LogP contribution in [0.3, 0.4) is 0 Å². The molecular formula is C25H28ClN5O4S. The van der Waals surface area contributed by atoms with E-state index in [4.69, 9.17) is 16.3 Å². The minimum Gasteiger partial charge on any atom is -0.483 e. The van der Waals surface area contributed by atoms with Crippen LogP contribution >= 0.6 is 11.6 Å². The van der Waals surface area contributed by atoms with Gasteiger partial charge in [0.2, 0.25) is 15.8 Å². The van der Waals surface area contributed by atoms with Crippen molar-refractivity contribution in [2.45, 2.75) is 37.5 Å². The summed E-state index contributed by atoms with van der Waals surface area (Å²) in [7, 11) is -3.51. The van der Waals surface area contributed by atoms with E-state index in [1.54, 1.807) is 54.9 Å². The number of ether oxygens (including phenoxy) is 1. The molecule has 2 aliphatic rings. The Balaban J connectivity index is 1.39. The summed E-state index contributed by atoms with van der Waals surface area (Å²) in [6.07, 6.45) is 7.14. The Bertz CT molecular complexity index is 1370. The molecule has 0 N–H and O–H groups in total. The van der Waals surface area contributed by atoms with E-state index in [1.807, 2.05) is 4.90 Å². The molecule has 0 radical (unpaired) electrons. The lowest BCUT2D eigenvalue weighted by Gasteiger charge is -2.36. The first-order valence-corrected chi connectivity index (χ1v) is 14.1. The van der Waals surface area contributed by atoms with Crippen LogP contribution in [0.4, 0.5) is 5.69 Å². The molecule has 0 spiro atoms. The Hall–Kier alpha value is -2.95. The summed E-state index contributed by atoms with van der Waals surface area (Å²) in [6, 6.07) is 12.2. The van der Waals surface area contributed by atoms with Gasteiger partial charge < -0.3 is 9.64 Å². The molecule has 0 bridgehead atoms. The minimum atomic E-state index is -3.51. The number of pyridine rings is 1. The van der Waals surface area contributed by atoms with Gasteiger partial charge in [-0.25, -0.2) is 8.42 Å². The maximum atomic E-state index is 13.6. The van der Waals surface area contributed by atoms with Crippen molar-refractivity contribution in [3.05, 3.63) is 75.9 Å². The minimum absolute atomic E-state index is 0.0216. The Morgan fingerprint density at radius 2 is 1.81 bits per heavy atom. The van der Waals surface area contributed by atoms with Crippen molar-refractivity contribution in [3.63, 3.8) is 0 Å². The van der Waals surface area contributed by atoms with E-state index in [-0.39, 0.29) is 23.2 Å². The lowest BCUT2D eigenvalue weighted by molar-refractivity contribution is 0.205. The number of nitrogens with zero attached hydrogens (tertiary/aromatic N) is 5. The number of benzene rings is 1. The maximum Gasteiger partial charge on any atom is 0.316 e. The zero-order valence-corrected chi connectivity index (χ0v) is 21.4. The van der Waals surface area contributed by atoms with E-state index in [0.29, 0.717) is 48.3 Å². The van der Waals surface area contributed by atoms with Crippen molar-refractivity contribution in [2.24, 2.45) is 0 Å². The average molecular weight is 530 g/mol. The number of anilines is 1. The quantitative estimate of drug-likeness (QED) is 0.463. The van der Waals surface area contributed by atoms with Crippen LogP contribution in [0.1, 0.15) is 31.4 Å². The summed E-state index contributed by atoms with van der Waals surface area (Å²) in [6.45, 7) is 1.44. The van der Waals surface area contributed by atoms with E-state index in [2.05, 4.69) is 10.1 Å². The molecule has 11 heteroatoms. The molecule has 0 amide bonds. The second-order valence-electron chi connectivity index (χ2n) is 9.04. The molecule has 3 aromatic rings. The number of halogens is 1. The smallest absolute Gasteiger partial charge is 0.316 e. The molecule has 36 heavy (non-hydrogen) atoms. The predicted octanol–water partition coefficient (Wildman–Crippen LogP) is 3.25. The molecule has 1 aliphatic heterocycles. The van der Waals surface area contributed by atoms with Gasteiger partial charge in [-0.15, -0.1) is 0 Å². The molecule has 1 saturated heterocycles. The highest BCUT2D eigenvalue weighted by Gasteiger charge is 2.30. The summed E-state index contributed by atoms with van der Waals surface area (Å²) in [5.41, 5.74) is 1.31. The molecule has 1 aliphatic carbocycles. The second kappa shape index (κ2) is 10.6. The zero-order valence-electron chi connectivity index (χ0n) is 19.8. The monoisotopic (exact) mass is 529 g/mol. The first-order valence-electron chi connectivity index (χ1n) is 12.1. The molecule has 3 heterocycles. The Labute approximate surface area is 215 Å². The Kier molecular flexibility index (Phi) is 7.27. The largest absolute Gasteiger partial charge is 0.483 e. The van der Waals surface area contributed by atoms with Crippen LogP contribution in [0, 0.1) is 0 Å². The van der Waals surface area contributed by atoms with Gasteiger partial charge in [0.05, 0.1) is 23.7 Å². The summed E-state index contributed by atoms with van der Waals surface area (Å²) < 4.78 is 34.9. The third kappa shape index (κ3) is 5.40. The van der Waals surface area contributed by atoms with Crippen LogP contribution in [-0.2, 0) is 15.8 Å². The van der Waals surface area contributed by atoms with E-state index in [1.165, 1.54) is 8.99 Å². The third-order valence-corrected chi connectivity index (χ3v) is 8.63. The van der Waals surface area contributed by atoms with E-state index < -0.39 is 10.0 Å². The standard InChI is InChI=1S/C25H28ClN5O4S/c26-19-6-5-8-21(16-19)31-25(32)24(35-22-9-1-2-10-22)23(17-28-31)29-12-14-30(15-13-29)36(33,34)18-20-7-3-4-11-27-20/h3-8,11,16-17,22H,1-2,9-10,12-15,18H2. The van der Waals surface area contributed by atoms with E-state index >= 15 is 0 Å². The zero-order chi connectivity index (χ0) is 25.1. The number of sulfonamides is 1. The summed E-state index contributed by atoms with van der Waals surface area (Å²) >= 11 is 6.14. The van der Waals surface area contributed by atoms with Crippen LogP contribution in [0.25, 0.3) is 5.69 Å². The molecule has 0 atom stereocenters. The van der Waals surface area contributed by atoms with Gasteiger partial charge in [0.15, 0.2) is 0 Å². The normalized spacial score (nSPS) is 17.4. The van der Waals surface area contributed by atoms with Crippen molar-refractivity contribution in [1.29, 1.82) is 0 Å². The molecule has 5 rings (SSSR count). The number of piperazine rings is 1. The average Bonchev–Trinajstić information content (AvgIpc) is 3.39. The van der Waals surface area contributed by atoms with Crippen LogP contribution in [0.5, 0.6) is 5.75 Å². The molecule has 1 saturated carbocycles. The van der Waals surface area contributed by atoms with Crippen molar-refractivity contribution >= 4 is 27.3 Å². The highest BCUT2D eigenvalue weighted by molar-refractivity contribution is 7.88. The lowest BCUT2D eigenvalue weighted by Crippen LogP contribution is -2.49. The molecular weight excluding hydrogens is 502 g/mol. The van der Waals surface area contributed by atoms with Crippen LogP contribution in [-0.4, -0.2) is 59.8 Å². The van der Waals surface area contributed by atoms with Gasteiger partial charge in [0.25, 0.3) is 0 Å². The summed E-state index contributed by atoms with van der Waals surface area (Å²) in [5.74, 6) is 0.114. The van der Waals surface area contributed by atoms with Gasteiger partial charge in [0, 0.05) is 37.4 Å². The highest BCUT2D eigenvalue weighted by Crippen LogP contribution is 2.30. The highest BCUT2D eigenvalue weighted by atomic mass is 35.5. The first-order chi connectivity index (χ1) is 17.4. The van der Waals surface area contributed by atoms with Gasteiger partial charge in [-0.3, -0.25) is 9.78 Å². The lowest BCUT2D eigenvalue weighted by atomic mass is 10.2. The van der Waals surface area contributed by atoms with Crippen molar-refractivity contribution in [3.8, 4) is 11.4 Å². The number of hydrogen-bond donors (Lipinski definition) is 0. The topological polar surface area (TPSA) is 97.6 Å². The predicted molar refractivity (Wildman–Crippen MR) is 138 cm³/mol. The van der Waals surface area contributed by atoms with Gasteiger partial charge in [-0.05, 0) is 56.0 Å². The maximum absolute atomic E-state index is 13.6. The SMILES string of the molecule is O=c1c(OC2CCCC2)c(N2CCN(S(=O)(=O)Cc3ccccn3)CC2)cnn1-c1cccc(Cl)c1. The van der Waals surface area contributed by atoms with Gasteiger partial charge in [-0.1, -0.05) is 23.7 Å². The van der Waals surface area contributed by atoms with Gasteiger partial charge in [-0.2, -0.15) is 14.1 Å². The third-order valence-electron chi connectivity index (χ3n) is 6.58. The van der Waals surface area contributed by atoms with Crippen LogP contribution in [0.2, 0.25) is 5.02 Å². The fraction of sp³-hybridized carbons (Fsp3) is 0.400. The Morgan fingerprint density at radius 3 is 2.50 bits per heavy atom. The van der Waals surface area contributed by atoms with E-state index in [9.17, 15) is 13.2 Å². The second-order valence-corrected chi connectivity index (χ2v) is 11.4.